The molecule has 0 spiro atoms. The van der Waals surface area contributed by atoms with Crippen molar-refractivity contribution in [3.8, 4) is 17.6 Å². The quantitative estimate of drug-likeness (QED) is 0.644. The summed E-state index contributed by atoms with van der Waals surface area (Å²) in [5, 5.41) is 8.94. The Morgan fingerprint density at radius 1 is 1.17 bits per heavy atom. The van der Waals surface area contributed by atoms with Crippen LogP contribution in [0.25, 0.3) is 0 Å². The van der Waals surface area contributed by atoms with Crippen LogP contribution >= 0.6 is 0 Å². The van der Waals surface area contributed by atoms with E-state index in [1.807, 2.05) is 6.07 Å². The van der Waals surface area contributed by atoms with Crippen LogP contribution in [0.5, 0.6) is 11.5 Å². The Hall–Kier alpha value is -3.06. The molecule has 1 aliphatic heterocycles. The first-order chi connectivity index (χ1) is 14.5. The van der Waals surface area contributed by atoms with Crippen LogP contribution in [0.15, 0.2) is 59.1 Å². The van der Waals surface area contributed by atoms with E-state index in [0.29, 0.717) is 24.3 Å². The third-order valence-electron chi connectivity index (χ3n) is 4.66. The monoisotopic (exact) mass is 429 g/mol. The van der Waals surface area contributed by atoms with Gasteiger partial charge >= 0.3 is 0 Å². The van der Waals surface area contributed by atoms with E-state index >= 15 is 0 Å². The minimum Gasteiger partial charge on any atom is -0.497 e. The summed E-state index contributed by atoms with van der Waals surface area (Å²) in [5.74, 6) is 0.713. The molecule has 158 valence electrons. The maximum atomic E-state index is 13.1. The van der Waals surface area contributed by atoms with Gasteiger partial charge in [0.2, 0.25) is 10.0 Å². The number of hydroxylamine groups is 1. The van der Waals surface area contributed by atoms with E-state index in [1.165, 1.54) is 24.6 Å². The number of nitriles is 1. The molecule has 1 N–H and O–H groups in total. The molecule has 0 fully saturated rings. The number of nitrogens with one attached hydrogen (secondary N) is 1. The lowest BCUT2D eigenvalue weighted by molar-refractivity contribution is 0.0453. The fourth-order valence-corrected chi connectivity index (χ4v) is 4.58. The summed E-state index contributed by atoms with van der Waals surface area (Å²) in [4.78, 5) is 5.57. The number of hydrogen-bond acceptors (Lipinski definition) is 7. The molecule has 1 heterocycles. The number of hydrogen-bond donors (Lipinski definition) is 1. The molecule has 0 aromatic heterocycles. The Labute approximate surface area is 176 Å². The summed E-state index contributed by atoms with van der Waals surface area (Å²) in [5.41, 5.74) is 5.11. The van der Waals surface area contributed by atoms with Crippen LogP contribution in [-0.4, -0.2) is 40.0 Å². The van der Waals surface area contributed by atoms with E-state index in [-0.39, 0.29) is 23.8 Å². The Kier molecular flexibility index (Phi) is 6.95. The van der Waals surface area contributed by atoms with Crippen LogP contribution in [-0.2, 0) is 21.5 Å². The summed E-state index contributed by atoms with van der Waals surface area (Å²) < 4.78 is 37.9. The fourth-order valence-electron chi connectivity index (χ4n) is 3.03. The molecule has 9 heteroatoms. The summed E-state index contributed by atoms with van der Waals surface area (Å²) >= 11 is 0. The number of ether oxygens (including phenoxy) is 2. The maximum Gasteiger partial charge on any atom is 0.247 e. The highest BCUT2D eigenvalue weighted by atomic mass is 32.2. The molecule has 0 atom stereocenters. The highest BCUT2D eigenvalue weighted by Gasteiger charge is 2.29. The van der Waals surface area contributed by atoms with Crippen molar-refractivity contribution >= 4 is 10.0 Å². The van der Waals surface area contributed by atoms with Gasteiger partial charge in [0.05, 0.1) is 32.5 Å². The van der Waals surface area contributed by atoms with E-state index in [9.17, 15) is 8.42 Å². The van der Waals surface area contributed by atoms with Gasteiger partial charge in [-0.2, -0.15) is 9.57 Å². The molecular formula is C21H23N3O5S. The molecule has 0 saturated carbocycles. The SMILES string of the molecule is COc1ccc(OC)c(S(=O)(=O)N2CC=C(NOCc3cccc(C#N)c3)CC2)c1. The predicted molar refractivity (Wildman–Crippen MR) is 110 cm³/mol. The Morgan fingerprint density at radius 2 is 2.00 bits per heavy atom. The van der Waals surface area contributed by atoms with Crippen molar-refractivity contribution in [3.05, 3.63) is 65.4 Å². The normalized spacial score (nSPS) is 14.5. The summed E-state index contributed by atoms with van der Waals surface area (Å²) in [7, 11) is -0.832. The van der Waals surface area contributed by atoms with Gasteiger partial charge in [0.1, 0.15) is 16.4 Å². The molecule has 0 aliphatic carbocycles. The number of sulfonamides is 1. The van der Waals surface area contributed by atoms with Gasteiger partial charge in [-0.05, 0) is 35.9 Å². The molecule has 2 aromatic carbocycles. The molecule has 0 amide bonds. The predicted octanol–water partition coefficient (Wildman–Crippen LogP) is 2.58. The van der Waals surface area contributed by atoms with Gasteiger partial charge in [-0.25, -0.2) is 8.42 Å². The summed E-state index contributed by atoms with van der Waals surface area (Å²) in [6.07, 6.45) is 2.25. The highest BCUT2D eigenvalue weighted by Crippen LogP contribution is 2.31. The second kappa shape index (κ2) is 9.63. The van der Waals surface area contributed by atoms with E-state index in [0.717, 1.165) is 11.3 Å². The Balaban J connectivity index is 1.63. The molecule has 8 nitrogen and oxygen atoms in total. The average Bonchev–Trinajstić information content (AvgIpc) is 2.79. The molecular weight excluding hydrogens is 406 g/mol. The van der Waals surface area contributed by atoms with Gasteiger partial charge in [0, 0.05) is 31.3 Å². The van der Waals surface area contributed by atoms with Crippen molar-refractivity contribution in [1.82, 2.24) is 9.79 Å². The maximum absolute atomic E-state index is 13.1. The highest BCUT2D eigenvalue weighted by molar-refractivity contribution is 7.89. The smallest absolute Gasteiger partial charge is 0.247 e. The van der Waals surface area contributed by atoms with E-state index < -0.39 is 10.0 Å². The number of rotatable bonds is 8. The Morgan fingerprint density at radius 3 is 2.67 bits per heavy atom. The number of nitrogens with zero attached hydrogens (tertiary/aromatic N) is 2. The lowest BCUT2D eigenvalue weighted by Gasteiger charge is -2.26. The zero-order valence-electron chi connectivity index (χ0n) is 16.8. The molecule has 0 bridgehead atoms. The van der Waals surface area contributed by atoms with E-state index in [4.69, 9.17) is 19.6 Å². The van der Waals surface area contributed by atoms with Crippen LogP contribution in [0.3, 0.4) is 0 Å². The van der Waals surface area contributed by atoms with Gasteiger partial charge in [0.15, 0.2) is 0 Å². The van der Waals surface area contributed by atoms with Crippen LogP contribution in [0, 0.1) is 11.3 Å². The van der Waals surface area contributed by atoms with E-state index in [2.05, 4.69) is 11.5 Å². The van der Waals surface area contributed by atoms with Gasteiger partial charge in [-0.3, -0.25) is 10.3 Å². The standard InChI is InChI=1S/C21H23N3O5S/c1-27-19-6-7-20(28-2)21(13-19)30(25,26)24-10-8-18(9-11-24)23-29-15-17-5-3-4-16(12-17)14-22/h3-8,12-13,23H,9-11,15H2,1-2H3. The minimum atomic E-state index is -3.75. The minimum absolute atomic E-state index is 0.0720. The Bertz CT molecular complexity index is 1080. The van der Waals surface area contributed by atoms with Gasteiger partial charge in [0.25, 0.3) is 0 Å². The van der Waals surface area contributed by atoms with Crippen LogP contribution in [0.4, 0.5) is 0 Å². The number of benzene rings is 2. The molecule has 0 unspecified atom stereocenters. The zero-order chi connectivity index (χ0) is 21.6. The molecule has 2 aromatic rings. The third kappa shape index (κ3) is 4.91. The van der Waals surface area contributed by atoms with Gasteiger partial charge in [-0.1, -0.05) is 12.1 Å². The topological polar surface area (TPSA) is 101 Å². The molecule has 0 radical (unpaired) electrons. The average molecular weight is 429 g/mol. The number of methoxy groups -OCH3 is 2. The van der Waals surface area contributed by atoms with Crippen molar-refractivity contribution in [2.75, 3.05) is 27.3 Å². The molecule has 1 aliphatic rings. The molecule has 30 heavy (non-hydrogen) atoms. The largest absolute Gasteiger partial charge is 0.497 e. The van der Waals surface area contributed by atoms with Crippen LogP contribution < -0.4 is 15.0 Å². The van der Waals surface area contributed by atoms with E-state index in [1.54, 1.807) is 36.4 Å². The second-order valence-electron chi connectivity index (χ2n) is 6.56. The second-order valence-corrected chi connectivity index (χ2v) is 8.47. The van der Waals surface area contributed by atoms with Gasteiger partial charge < -0.3 is 9.47 Å². The first kappa shape index (κ1) is 21.6. The summed E-state index contributed by atoms with van der Waals surface area (Å²) in [6, 6.07) is 13.9. The van der Waals surface area contributed by atoms with Crippen molar-refractivity contribution in [2.24, 2.45) is 0 Å². The first-order valence-electron chi connectivity index (χ1n) is 9.26. The first-order valence-corrected chi connectivity index (χ1v) is 10.7. The fraction of sp³-hybridized carbons (Fsp3) is 0.286. The van der Waals surface area contributed by atoms with Crippen LogP contribution in [0.1, 0.15) is 17.5 Å². The lowest BCUT2D eigenvalue weighted by Crippen LogP contribution is -2.37. The van der Waals surface area contributed by atoms with Crippen molar-refractivity contribution < 1.29 is 22.7 Å². The summed E-state index contributed by atoms with van der Waals surface area (Å²) in [6.45, 7) is 0.795. The van der Waals surface area contributed by atoms with Crippen molar-refractivity contribution in [2.45, 2.75) is 17.9 Å². The molecule has 3 rings (SSSR count). The third-order valence-corrected chi connectivity index (χ3v) is 6.54. The molecule has 0 saturated heterocycles. The zero-order valence-corrected chi connectivity index (χ0v) is 17.6. The van der Waals surface area contributed by atoms with Crippen molar-refractivity contribution in [1.29, 1.82) is 5.26 Å². The lowest BCUT2D eigenvalue weighted by atomic mass is 10.1. The van der Waals surface area contributed by atoms with Crippen molar-refractivity contribution in [3.63, 3.8) is 0 Å². The van der Waals surface area contributed by atoms with Crippen LogP contribution in [0.2, 0.25) is 0 Å². The van der Waals surface area contributed by atoms with Gasteiger partial charge in [-0.15, -0.1) is 0 Å².